The van der Waals surface area contributed by atoms with Gasteiger partial charge in [-0.3, -0.25) is 14.9 Å². The van der Waals surface area contributed by atoms with Crippen LogP contribution in [0.3, 0.4) is 0 Å². The number of benzene rings is 2. The minimum Gasteiger partial charge on any atom is -0.346 e. The van der Waals surface area contributed by atoms with Crippen molar-refractivity contribution in [2.45, 2.75) is 13.0 Å². The van der Waals surface area contributed by atoms with E-state index in [9.17, 15) is 14.9 Å². The van der Waals surface area contributed by atoms with E-state index in [-0.39, 0.29) is 17.6 Å². The van der Waals surface area contributed by atoms with E-state index >= 15 is 0 Å². The monoisotopic (exact) mass is 296 g/mol. The maximum atomic E-state index is 11.9. The average Bonchev–Trinajstić information content (AvgIpc) is 2.54. The summed E-state index contributed by atoms with van der Waals surface area (Å²) in [4.78, 5) is 22.3. The first-order valence-corrected chi connectivity index (χ1v) is 6.85. The van der Waals surface area contributed by atoms with Crippen LogP contribution in [-0.2, 0) is 4.79 Å². The molecule has 0 saturated carbocycles. The number of amides is 1. The number of para-hydroxylation sites is 1. The van der Waals surface area contributed by atoms with Gasteiger partial charge in [-0.15, -0.1) is 0 Å². The van der Waals surface area contributed by atoms with Gasteiger partial charge >= 0.3 is 0 Å². The summed E-state index contributed by atoms with van der Waals surface area (Å²) < 4.78 is 0. The topological polar surface area (TPSA) is 72.2 Å². The molecule has 0 spiro atoms. The third kappa shape index (κ3) is 4.02. The van der Waals surface area contributed by atoms with Crippen molar-refractivity contribution in [2.75, 3.05) is 0 Å². The van der Waals surface area contributed by atoms with Gasteiger partial charge in [-0.05, 0) is 24.6 Å². The van der Waals surface area contributed by atoms with Crippen molar-refractivity contribution >= 4 is 17.7 Å². The molecule has 5 heteroatoms. The standard InChI is InChI=1S/C17H16N2O3/c1-13(14-7-3-2-4-8-14)18-17(20)12-11-15-9-5-6-10-16(15)19(21)22/h2-13H,1H3,(H,18,20)/b12-11+. The SMILES string of the molecule is CC(NC(=O)/C=C/c1ccccc1[N+](=O)[O-])c1ccccc1. The van der Waals surface area contributed by atoms with Gasteiger partial charge < -0.3 is 5.32 Å². The van der Waals surface area contributed by atoms with Crippen LogP contribution in [0.15, 0.2) is 60.7 Å². The molecular weight excluding hydrogens is 280 g/mol. The Morgan fingerprint density at radius 2 is 1.77 bits per heavy atom. The molecule has 0 saturated heterocycles. The molecule has 0 fully saturated rings. The molecule has 112 valence electrons. The van der Waals surface area contributed by atoms with Crippen molar-refractivity contribution in [1.29, 1.82) is 0 Å². The Morgan fingerprint density at radius 1 is 1.14 bits per heavy atom. The van der Waals surface area contributed by atoms with Gasteiger partial charge in [-0.25, -0.2) is 0 Å². The highest BCUT2D eigenvalue weighted by Crippen LogP contribution is 2.19. The molecule has 1 amide bonds. The molecule has 0 aliphatic rings. The zero-order chi connectivity index (χ0) is 15.9. The van der Waals surface area contributed by atoms with Gasteiger partial charge in [-0.1, -0.05) is 42.5 Å². The highest BCUT2D eigenvalue weighted by Gasteiger charge is 2.10. The van der Waals surface area contributed by atoms with E-state index in [1.807, 2.05) is 37.3 Å². The minimum absolute atomic E-state index is 0.0253. The molecular formula is C17H16N2O3. The molecule has 22 heavy (non-hydrogen) atoms. The molecule has 2 aromatic rings. The van der Waals surface area contributed by atoms with Crippen LogP contribution in [-0.4, -0.2) is 10.8 Å². The number of carbonyl (C=O) groups is 1. The number of nitro groups is 1. The summed E-state index contributed by atoms with van der Waals surface area (Å²) in [5.41, 5.74) is 1.37. The van der Waals surface area contributed by atoms with Gasteiger partial charge in [0, 0.05) is 12.1 Å². The van der Waals surface area contributed by atoms with Crippen molar-refractivity contribution in [3.05, 3.63) is 81.9 Å². The highest BCUT2D eigenvalue weighted by atomic mass is 16.6. The fraction of sp³-hybridized carbons (Fsp3) is 0.118. The van der Waals surface area contributed by atoms with Crippen LogP contribution in [0.4, 0.5) is 5.69 Å². The molecule has 0 bridgehead atoms. The van der Waals surface area contributed by atoms with E-state index in [0.717, 1.165) is 5.56 Å². The Morgan fingerprint density at radius 3 is 2.45 bits per heavy atom. The molecule has 1 atom stereocenters. The number of hydrogen-bond acceptors (Lipinski definition) is 3. The van der Waals surface area contributed by atoms with Crippen LogP contribution < -0.4 is 5.32 Å². The van der Waals surface area contributed by atoms with Gasteiger partial charge in [0.25, 0.3) is 5.69 Å². The Balaban J connectivity index is 2.05. The molecule has 1 unspecified atom stereocenters. The number of hydrogen-bond donors (Lipinski definition) is 1. The predicted octanol–water partition coefficient (Wildman–Crippen LogP) is 3.49. The van der Waals surface area contributed by atoms with Gasteiger partial charge in [0.05, 0.1) is 16.5 Å². The molecule has 5 nitrogen and oxygen atoms in total. The van der Waals surface area contributed by atoms with Gasteiger partial charge in [0.2, 0.25) is 5.91 Å². The highest BCUT2D eigenvalue weighted by molar-refractivity contribution is 5.92. The summed E-state index contributed by atoms with van der Waals surface area (Å²) in [6.07, 6.45) is 2.76. The lowest BCUT2D eigenvalue weighted by molar-refractivity contribution is -0.385. The largest absolute Gasteiger partial charge is 0.346 e. The molecule has 0 aliphatic heterocycles. The zero-order valence-electron chi connectivity index (χ0n) is 12.1. The van der Waals surface area contributed by atoms with Crippen molar-refractivity contribution in [3.63, 3.8) is 0 Å². The molecule has 0 aromatic heterocycles. The van der Waals surface area contributed by atoms with Crippen molar-refractivity contribution in [2.24, 2.45) is 0 Å². The van der Waals surface area contributed by atoms with Gasteiger partial charge in [-0.2, -0.15) is 0 Å². The van der Waals surface area contributed by atoms with E-state index in [1.165, 1.54) is 18.2 Å². The van der Waals surface area contributed by atoms with Crippen molar-refractivity contribution < 1.29 is 9.72 Å². The van der Waals surface area contributed by atoms with E-state index in [1.54, 1.807) is 18.2 Å². The van der Waals surface area contributed by atoms with Crippen LogP contribution in [0.2, 0.25) is 0 Å². The summed E-state index contributed by atoms with van der Waals surface area (Å²) in [7, 11) is 0. The number of nitrogens with one attached hydrogen (secondary N) is 1. The van der Waals surface area contributed by atoms with E-state index < -0.39 is 4.92 Å². The lowest BCUT2D eigenvalue weighted by atomic mass is 10.1. The number of nitrogens with zero attached hydrogens (tertiary/aromatic N) is 1. The maximum absolute atomic E-state index is 11.9. The molecule has 0 aliphatic carbocycles. The van der Waals surface area contributed by atoms with E-state index in [4.69, 9.17) is 0 Å². The minimum atomic E-state index is -0.468. The number of rotatable bonds is 5. The predicted molar refractivity (Wildman–Crippen MR) is 85.1 cm³/mol. The van der Waals surface area contributed by atoms with Crippen LogP contribution in [0.5, 0.6) is 0 Å². The number of carbonyl (C=O) groups excluding carboxylic acids is 1. The fourth-order valence-electron chi connectivity index (χ4n) is 2.05. The first-order valence-electron chi connectivity index (χ1n) is 6.85. The maximum Gasteiger partial charge on any atom is 0.276 e. The van der Waals surface area contributed by atoms with E-state index in [0.29, 0.717) is 5.56 Å². The summed E-state index contributed by atoms with van der Waals surface area (Å²) in [6, 6.07) is 15.7. The lowest BCUT2D eigenvalue weighted by Gasteiger charge is -2.12. The van der Waals surface area contributed by atoms with Crippen LogP contribution in [0, 0.1) is 10.1 Å². The summed E-state index contributed by atoms with van der Waals surface area (Å²) >= 11 is 0. The van der Waals surface area contributed by atoms with Crippen LogP contribution in [0.1, 0.15) is 24.1 Å². The molecule has 2 aromatic carbocycles. The zero-order valence-corrected chi connectivity index (χ0v) is 12.1. The summed E-state index contributed by atoms with van der Waals surface area (Å²) in [5, 5.41) is 13.7. The number of nitro benzene ring substituents is 1. The Labute approximate surface area is 128 Å². The van der Waals surface area contributed by atoms with Crippen molar-refractivity contribution in [3.8, 4) is 0 Å². The molecule has 0 heterocycles. The Bertz CT molecular complexity index is 696. The smallest absolute Gasteiger partial charge is 0.276 e. The average molecular weight is 296 g/mol. The van der Waals surface area contributed by atoms with E-state index in [2.05, 4.69) is 5.32 Å². The third-order valence-corrected chi connectivity index (χ3v) is 3.21. The lowest BCUT2D eigenvalue weighted by Crippen LogP contribution is -2.24. The Hall–Kier alpha value is -2.95. The summed E-state index contributed by atoms with van der Waals surface area (Å²) in [5.74, 6) is -0.297. The second-order valence-electron chi connectivity index (χ2n) is 4.79. The molecule has 1 N–H and O–H groups in total. The first-order chi connectivity index (χ1) is 10.6. The van der Waals surface area contributed by atoms with Gasteiger partial charge in [0.1, 0.15) is 0 Å². The van der Waals surface area contributed by atoms with Gasteiger partial charge in [0.15, 0.2) is 0 Å². The van der Waals surface area contributed by atoms with Crippen molar-refractivity contribution in [1.82, 2.24) is 5.32 Å². The quantitative estimate of drug-likeness (QED) is 0.521. The third-order valence-electron chi connectivity index (χ3n) is 3.21. The fourth-order valence-corrected chi connectivity index (χ4v) is 2.05. The second kappa shape index (κ2) is 7.17. The Kier molecular flexibility index (Phi) is 5.03. The second-order valence-corrected chi connectivity index (χ2v) is 4.79. The molecule has 0 radical (unpaired) electrons. The first kappa shape index (κ1) is 15.4. The molecule has 2 rings (SSSR count). The van der Waals surface area contributed by atoms with Crippen LogP contribution in [0.25, 0.3) is 6.08 Å². The normalized spacial score (nSPS) is 12.0. The van der Waals surface area contributed by atoms with Crippen LogP contribution >= 0.6 is 0 Å². The summed E-state index contributed by atoms with van der Waals surface area (Å²) in [6.45, 7) is 1.88.